The molecule has 232 valence electrons. The van der Waals surface area contributed by atoms with Crippen molar-refractivity contribution < 1.29 is 22.7 Å². The number of hydrogen-bond donors (Lipinski definition) is 1. The summed E-state index contributed by atoms with van der Waals surface area (Å²) < 4.78 is 34.9. The predicted molar refractivity (Wildman–Crippen MR) is 174 cm³/mol. The molecule has 0 radical (unpaired) electrons. The van der Waals surface area contributed by atoms with Gasteiger partial charge in [0, 0.05) is 18.0 Å². The Balaban J connectivity index is 2.06. The molecular weight excluding hydrogens is 583 g/mol. The van der Waals surface area contributed by atoms with Gasteiger partial charge in [0.15, 0.2) is 0 Å². The monoisotopic (exact) mass is 625 g/mol. The summed E-state index contributed by atoms with van der Waals surface area (Å²) in [6.45, 7) is 10.3. The molecule has 0 fully saturated rings. The van der Waals surface area contributed by atoms with E-state index >= 15 is 0 Å². The van der Waals surface area contributed by atoms with Crippen LogP contribution in [0.2, 0.25) is 0 Å². The van der Waals surface area contributed by atoms with Crippen molar-refractivity contribution in [1.29, 1.82) is 0 Å². The molecule has 2 amide bonds. The number of nitrogens with zero attached hydrogens (tertiary/aromatic N) is 2. The minimum atomic E-state index is -4.15. The number of thioether (sulfide) groups is 1. The number of benzene rings is 3. The van der Waals surface area contributed by atoms with Crippen molar-refractivity contribution in [2.75, 3.05) is 30.3 Å². The van der Waals surface area contributed by atoms with Crippen LogP contribution in [0.25, 0.3) is 0 Å². The summed E-state index contributed by atoms with van der Waals surface area (Å²) in [6.07, 6.45) is 2.28. The van der Waals surface area contributed by atoms with Gasteiger partial charge >= 0.3 is 0 Å². The van der Waals surface area contributed by atoms with Gasteiger partial charge in [0.2, 0.25) is 11.8 Å². The van der Waals surface area contributed by atoms with Gasteiger partial charge in [0.25, 0.3) is 10.0 Å². The van der Waals surface area contributed by atoms with E-state index in [1.807, 2.05) is 65.1 Å². The molecule has 3 rings (SSSR count). The summed E-state index contributed by atoms with van der Waals surface area (Å²) in [6, 6.07) is 20.1. The maximum atomic E-state index is 14.2. The van der Waals surface area contributed by atoms with E-state index in [0.29, 0.717) is 31.0 Å². The van der Waals surface area contributed by atoms with Gasteiger partial charge in [-0.2, -0.15) is 0 Å². The van der Waals surface area contributed by atoms with Crippen LogP contribution in [-0.2, 0) is 26.2 Å². The van der Waals surface area contributed by atoms with Crippen molar-refractivity contribution in [2.24, 2.45) is 5.92 Å². The molecule has 0 saturated carbocycles. The van der Waals surface area contributed by atoms with E-state index in [2.05, 4.69) is 5.32 Å². The van der Waals surface area contributed by atoms with Gasteiger partial charge < -0.3 is 15.0 Å². The number of rotatable bonds is 15. The molecule has 8 nitrogen and oxygen atoms in total. The molecule has 3 aromatic carbocycles. The first-order valence-electron chi connectivity index (χ1n) is 14.5. The van der Waals surface area contributed by atoms with Crippen molar-refractivity contribution in [2.45, 2.75) is 63.4 Å². The molecule has 0 unspecified atom stereocenters. The minimum absolute atomic E-state index is 0.0687. The van der Waals surface area contributed by atoms with Gasteiger partial charge in [-0.1, -0.05) is 45.0 Å². The van der Waals surface area contributed by atoms with Crippen molar-refractivity contribution in [3.8, 4) is 5.75 Å². The molecule has 0 aromatic heterocycles. The summed E-state index contributed by atoms with van der Waals surface area (Å²) in [7, 11) is -4.15. The Hall–Kier alpha value is -3.50. The molecule has 0 aliphatic carbocycles. The van der Waals surface area contributed by atoms with E-state index < -0.39 is 28.5 Å². The molecule has 10 heteroatoms. The smallest absolute Gasteiger partial charge is 0.264 e. The summed E-state index contributed by atoms with van der Waals surface area (Å²) >= 11 is 1.51. The van der Waals surface area contributed by atoms with Crippen LogP contribution in [-0.4, -0.2) is 57.1 Å². The van der Waals surface area contributed by atoms with Crippen molar-refractivity contribution in [3.05, 3.63) is 83.9 Å². The number of hydrogen-bond acceptors (Lipinski definition) is 6. The molecule has 0 bridgehead atoms. The van der Waals surface area contributed by atoms with Crippen LogP contribution in [0.1, 0.15) is 45.2 Å². The lowest BCUT2D eigenvalue weighted by Crippen LogP contribution is -2.52. The van der Waals surface area contributed by atoms with Crippen LogP contribution in [0.4, 0.5) is 5.69 Å². The Bertz CT molecular complexity index is 1460. The number of sulfonamides is 1. The fourth-order valence-electron chi connectivity index (χ4n) is 4.59. The molecule has 0 aliphatic heterocycles. The fraction of sp³-hybridized carbons (Fsp3) is 0.394. The Morgan fingerprint density at radius 2 is 1.60 bits per heavy atom. The van der Waals surface area contributed by atoms with Gasteiger partial charge in [0.1, 0.15) is 18.3 Å². The third-order valence-electron chi connectivity index (χ3n) is 7.03. The highest BCUT2D eigenvalue weighted by molar-refractivity contribution is 7.98. The quantitative estimate of drug-likeness (QED) is 0.212. The normalized spacial score (nSPS) is 12.1. The molecule has 0 heterocycles. The Kier molecular flexibility index (Phi) is 12.5. The van der Waals surface area contributed by atoms with Crippen molar-refractivity contribution >= 4 is 39.3 Å². The molecule has 43 heavy (non-hydrogen) atoms. The lowest BCUT2D eigenvalue weighted by molar-refractivity contribution is -0.140. The van der Waals surface area contributed by atoms with Crippen LogP contribution in [0.5, 0.6) is 5.75 Å². The van der Waals surface area contributed by atoms with Crippen LogP contribution in [0.15, 0.2) is 82.6 Å². The highest BCUT2D eigenvalue weighted by atomic mass is 32.2. The first-order chi connectivity index (χ1) is 20.5. The van der Waals surface area contributed by atoms with E-state index in [4.69, 9.17) is 4.74 Å². The first kappa shape index (κ1) is 34.0. The maximum absolute atomic E-state index is 14.2. The highest BCUT2D eigenvalue weighted by Crippen LogP contribution is 2.28. The number of ether oxygens (including phenoxy) is 1. The second-order valence-electron chi connectivity index (χ2n) is 10.6. The van der Waals surface area contributed by atoms with Crippen LogP contribution < -0.4 is 14.4 Å². The third-order valence-corrected chi connectivity index (χ3v) is 9.57. The highest BCUT2D eigenvalue weighted by Gasteiger charge is 2.34. The summed E-state index contributed by atoms with van der Waals surface area (Å²) in [5.41, 5.74) is 2.18. The van der Waals surface area contributed by atoms with E-state index in [1.54, 1.807) is 48.5 Å². The largest absolute Gasteiger partial charge is 0.494 e. The number of nitrogens with one attached hydrogen (secondary N) is 1. The van der Waals surface area contributed by atoms with E-state index in [0.717, 1.165) is 20.3 Å². The maximum Gasteiger partial charge on any atom is 0.264 e. The van der Waals surface area contributed by atoms with E-state index in [1.165, 1.54) is 16.7 Å². The van der Waals surface area contributed by atoms with Crippen molar-refractivity contribution in [3.63, 3.8) is 0 Å². The van der Waals surface area contributed by atoms with Gasteiger partial charge in [-0.05, 0) is 92.1 Å². The molecule has 1 atom stereocenters. The number of aryl methyl sites for hydroxylation is 1. The summed E-state index contributed by atoms with van der Waals surface area (Å²) in [5, 5.41) is 2.96. The number of carbonyl (C=O) groups is 2. The predicted octanol–water partition coefficient (Wildman–Crippen LogP) is 5.89. The third kappa shape index (κ3) is 9.00. The molecule has 0 saturated heterocycles. The number of carbonyl (C=O) groups excluding carboxylic acids is 2. The number of amides is 2. The molecule has 3 aromatic rings. The van der Waals surface area contributed by atoms with Crippen LogP contribution in [0.3, 0.4) is 0 Å². The minimum Gasteiger partial charge on any atom is -0.494 e. The molecule has 0 spiro atoms. The molecule has 0 aliphatic rings. The zero-order valence-corrected chi connectivity index (χ0v) is 27.5. The SMILES string of the molecule is CCOc1ccc(N(CC(=O)N(Cc2ccccc2C)[C@H](CC)C(=O)NCC(C)C)S(=O)(=O)c2ccc(SC)cc2)cc1. The lowest BCUT2D eigenvalue weighted by atomic mass is 10.1. The number of anilines is 1. The molecular formula is C33H43N3O5S2. The molecule has 1 N–H and O–H groups in total. The second kappa shape index (κ2) is 15.8. The van der Waals surface area contributed by atoms with Gasteiger partial charge in [-0.25, -0.2) is 8.42 Å². The average molecular weight is 626 g/mol. The topological polar surface area (TPSA) is 96.0 Å². The van der Waals surface area contributed by atoms with Crippen LogP contribution >= 0.6 is 11.8 Å². The van der Waals surface area contributed by atoms with Crippen LogP contribution in [0, 0.1) is 12.8 Å². The van der Waals surface area contributed by atoms with E-state index in [9.17, 15) is 18.0 Å². The average Bonchev–Trinajstić information content (AvgIpc) is 3.00. The zero-order valence-electron chi connectivity index (χ0n) is 25.9. The zero-order chi connectivity index (χ0) is 31.6. The standard InChI is InChI=1S/C33H43N3O5S2/c1-7-31(33(38)34-21-24(3)4)35(22-26-12-10-9-11-25(26)5)32(37)23-36(27-13-15-28(16-14-27)41-8-2)43(39,40)30-19-17-29(42-6)18-20-30/h9-20,24,31H,7-8,21-23H2,1-6H3,(H,34,38)/t31-/m1/s1. The summed E-state index contributed by atoms with van der Waals surface area (Å²) in [4.78, 5) is 30.1. The van der Waals surface area contributed by atoms with Crippen molar-refractivity contribution in [1.82, 2.24) is 10.2 Å². The van der Waals surface area contributed by atoms with Gasteiger partial charge in [-0.3, -0.25) is 13.9 Å². The van der Waals surface area contributed by atoms with Gasteiger partial charge in [-0.15, -0.1) is 11.8 Å². The Morgan fingerprint density at radius 3 is 2.16 bits per heavy atom. The summed E-state index contributed by atoms with van der Waals surface area (Å²) in [5.74, 6) is 0.0855. The first-order valence-corrected chi connectivity index (χ1v) is 17.2. The van der Waals surface area contributed by atoms with Gasteiger partial charge in [0.05, 0.1) is 17.2 Å². The Morgan fingerprint density at radius 1 is 0.953 bits per heavy atom. The lowest BCUT2D eigenvalue weighted by Gasteiger charge is -2.33. The Labute approximate surface area is 260 Å². The fourth-order valence-corrected chi connectivity index (χ4v) is 6.41. The van der Waals surface area contributed by atoms with E-state index in [-0.39, 0.29) is 23.3 Å². The second-order valence-corrected chi connectivity index (χ2v) is 13.4.